The van der Waals surface area contributed by atoms with Crippen molar-refractivity contribution in [1.82, 2.24) is 14.9 Å². The number of rotatable bonds is 5. The highest BCUT2D eigenvalue weighted by molar-refractivity contribution is 5.93. The van der Waals surface area contributed by atoms with Crippen LogP contribution in [-0.4, -0.2) is 33.7 Å². The van der Waals surface area contributed by atoms with Crippen molar-refractivity contribution in [2.24, 2.45) is 0 Å². The van der Waals surface area contributed by atoms with Gasteiger partial charge in [0, 0.05) is 19.1 Å². The molecule has 6 nitrogen and oxygen atoms in total. The summed E-state index contributed by atoms with van der Waals surface area (Å²) in [5.74, 6) is -0.0762. The molecule has 4 rings (SSSR count). The van der Waals surface area contributed by atoms with Gasteiger partial charge in [0.05, 0.1) is 16.6 Å². The Morgan fingerprint density at radius 2 is 2.07 bits per heavy atom. The lowest BCUT2D eigenvalue weighted by atomic mass is 10.1. The molecule has 1 aromatic heterocycles. The van der Waals surface area contributed by atoms with Crippen LogP contribution in [0, 0.1) is 0 Å². The Hall–Kier alpha value is -2.76. The monoisotopic (exact) mass is 366 g/mol. The second-order valence-corrected chi connectivity index (χ2v) is 7.33. The van der Waals surface area contributed by atoms with Crippen LogP contribution in [-0.2, 0) is 0 Å². The van der Waals surface area contributed by atoms with Crippen molar-refractivity contribution in [1.29, 1.82) is 0 Å². The Kier molecular flexibility index (Phi) is 5.14. The number of carbonyl (C=O) groups is 1. The van der Waals surface area contributed by atoms with E-state index in [2.05, 4.69) is 27.4 Å². The number of hydrogen-bond acceptors (Lipinski definition) is 4. The summed E-state index contributed by atoms with van der Waals surface area (Å²) >= 11 is 0. The molecule has 6 heteroatoms. The smallest absolute Gasteiger partial charge is 0.335 e. The first-order chi connectivity index (χ1) is 13.2. The average Bonchev–Trinajstić information content (AvgIpc) is 2.85. The zero-order valence-electron chi connectivity index (χ0n) is 15.4. The van der Waals surface area contributed by atoms with Crippen molar-refractivity contribution in [3.05, 3.63) is 47.7 Å². The summed E-state index contributed by atoms with van der Waals surface area (Å²) in [6.45, 7) is 1.55. The minimum Gasteiger partial charge on any atom is -0.478 e. The molecule has 0 amide bonds. The van der Waals surface area contributed by atoms with Gasteiger partial charge in [-0.05, 0) is 48.9 Å². The zero-order valence-corrected chi connectivity index (χ0v) is 15.4. The number of anilines is 1. The molecule has 1 saturated carbocycles. The summed E-state index contributed by atoms with van der Waals surface area (Å²) < 4.78 is 2.30. The summed E-state index contributed by atoms with van der Waals surface area (Å²) in [4.78, 5) is 16.1. The van der Waals surface area contributed by atoms with Crippen molar-refractivity contribution in [3.8, 4) is 0 Å². The van der Waals surface area contributed by atoms with E-state index >= 15 is 0 Å². The Labute approximate surface area is 159 Å². The fourth-order valence-electron chi connectivity index (χ4n) is 4.05. The molecule has 2 aliphatic rings. The highest BCUT2D eigenvalue weighted by Crippen LogP contribution is 2.34. The fraction of sp³-hybridized carbons (Fsp3) is 0.429. The molecule has 27 heavy (non-hydrogen) atoms. The Morgan fingerprint density at radius 1 is 1.26 bits per heavy atom. The normalized spacial score (nSPS) is 18.0. The number of dihydropyridines is 1. The van der Waals surface area contributed by atoms with Crippen LogP contribution in [0.3, 0.4) is 0 Å². The quantitative estimate of drug-likeness (QED) is 0.695. The first-order valence-electron chi connectivity index (χ1n) is 9.80. The van der Waals surface area contributed by atoms with Gasteiger partial charge >= 0.3 is 5.97 Å². The highest BCUT2D eigenvalue weighted by Gasteiger charge is 2.21. The fourth-order valence-corrected chi connectivity index (χ4v) is 4.05. The standard InChI is InChI=1S/C21H26N4O2/c26-20(27)16-7-8-19-18(13-16)24-21(23-14-15-9-11-22-12-10-15)25(19)17-5-3-1-2-4-6-17/h7-11,13,17,22H,1-6,12,14H2,(H,23,24)(H,26,27). The maximum absolute atomic E-state index is 11.3. The first kappa shape index (κ1) is 17.6. The van der Waals surface area contributed by atoms with Gasteiger partial charge < -0.3 is 20.3 Å². The van der Waals surface area contributed by atoms with Crippen LogP contribution in [0.25, 0.3) is 11.0 Å². The van der Waals surface area contributed by atoms with E-state index in [1.54, 1.807) is 12.1 Å². The lowest BCUT2D eigenvalue weighted by Gasteiger charge is -2.21. The number of imidazole rings is 1. The molecule has 1 aliphatic heterocycles. The summed E-state index contributed by atoms with van der Waals surface area (Å²) in [6, 6.07) is 5.68. The molecule has 1 aliphatic carbocycles. The van der Waals surface area contributed by atoms with Gasteiger partial charge in [-0.1, -0.05) is 31.8 Å². The second kappa shape index (κ2) is 7.86. The number of aromatic nitrogens is 2. The van der Waals surface area contributed by atoms with E-state index in [9.17, 15) is 9.90 Å². The minimum absolute atomic E-state index is 0.281. The third-order valence-electron chi connectivity index (χ3n) is 5.47. The molecule has 142 valence electrons. The molecule has 3 N–H and O–H groups in total. The third kappa shape index (κ3) is 3.84. The molecule has 0 saturated heterocycles. The van der Waals surface area contributed by atoms with Gasteiger partial charge in [0.2, 0.25) is 5.95 Å². The van der Waals surface area contributed by atoms with Crippen LogP contribution < -0.4 is 10.6 Å². The number of carboxylic acids is 1. The molecule has 0 bridgehead atoms. The van der Waals surface area contributed by atoms with E-state index in [-0.39, 0.29) is 5.56 Å². The molecule has 0 unspecified atom stereocenters. The van der Waals surface area contributed by atoms with E-state index in [0.717, 1.165) is 36.4 Å². The van der Waals surface area contributed by atoms with Crippen LogP contribution >= 0.6 is 0 Å². The van der Waals surface area contributed by atoms with Gasteiger partial charge in [-0.2, -0.15) is 0 Å². The van der Waals surface area contributed by atoms with Crippen molar-refractivity contribution in [2.75, 3.05) is 18.4 Å². The number of hydrogen-bond donors (Lipinski definition) is 3. The van der Waals surface area contributed by atoms with Crippen LogP contribution in [0.1, 0.15) is 54.9 Å². The van der Waals surface area contributed by atoms with E-state index in [4.69, 9.17) is 4.98 Å². The molecule has 2 heterocycles. The highest BCUT2D eigenvalue weighted by atomic mass is 16.4. The molecule has 1 fully saturated rings. The van der Waals surface area contributed by atoms with Crippen molar-refractivity contribution in [3.63, 3.8) is 0 Å². The molecule has 0 spiro atoms. The summed E-state index contributed by atoms with van der Waals surface area (Å²) in [6.07, 6.45) is 13.5. The molecule has 2 aromatic rings. The summed E-state index contributed by atoms with van der Waals surface area (Å²) in [5, 5.41) is 16.0. The number of carboxylic acid groups (broad SMARTS) is 1. The number of aromatic carboxylic acids is 1. The number of nitrogens with zero attached hydrogens (tertiary/aromatic N) is 2. The van der Waals surface area contributed by atoms with Crippen LogP contribution in [0.5, 0.6) is 0 Å². The Bertz CT molecular complexity index is 889. The largest absolute Gasteiger partial charge is 0.478 e. The Morgan fingerprint density at radius 3 is 2.78 bits per heavy atom. The average molecular weight is 366 g/mol. The molecular formula is C21H26N4O2. The molecular weight excluding hydrogens is 340 g/mol. The van der Waals surface area contributed by atoms with E-state index in [1.165, 1.54) is 31.3 Å². The maximum Gasteiger partial charge on any atom is 0.335 e. The third-order valence-corrected chi connectivity index (χ3v) is 5.47. The van der Waals surface area contributed by atoms with E-state index in [0.29, 0.717) is 12.6 Å². The first-order valence-corrected chi connectivity index (χ1v) is 9.80. The molecule has 0 atom stereocenters. The minimum atomic E-state index is -0.916. The van der Waals surface area contributed by atoms with Gasteiger partial charge in [0.15, 0.2) is 0 Å². The predicted molar refractivity (Wildman–Crippen MR) is 107 cm³/mol. The summed E-state index contributed by atoms with van der Waals surface area (Å²) in [7, 11) is 0. The van der Waals surface area contributed by atoms with Gasteiger partial charge in [-0.15, -0.1) is 0 Å². The lowest BCUT2D eigenvalue weighted by molar-refractivity contribution is 0.0697. The summed E-state index contributed by atoms with van der Waals surface area (Å²) in [5.41, 5.74) is 3.27. The van der Waals surface area contributed by atoms with Gasteiger partial charge in [0.1, 0.15) is 0 Å². The van der Waals surface area contributed by atoms with Gasteiger partial charge in [-0.3, -0.25) is 0 Å². The number of benzene rings is 1. The lowest BCUT2D eigenvalue weighted by Crippen LogP contribution is -2.17. The van der Waals surface area contributed by atoms with Crippen LogP contribution in [0.15, 0.2) is 42.1 Å². The van der Waals surface area contributed by atoms with Crippen molar-refractivity contribution < 1.29 is 9.90 Å². The topological polar surface area (TPSA) is 79.2 Å². The second-order valence-electron chi connectivity index (χ2n) is 7.33. The number of nitrogens with one attached hydrogen (secondary N) is 2. The SMILES string of the molecule is O=C(O)c1ccc2c(c1)nc(NCC1=CCNC=C1)n2C1CCCCCC1. The zero-order chi connectivity index (χ0) is 18.6. The van der Waals surface area contributed by atoms with Crippen molar-refractivity contribution in [2.45, 2.75) is 44.6 Å². The molecule has 1 aromatic carbocycles. The predicted octanol–water partition coefficient (Wildman–Crippen LogP) is 4.09. The molecule has 0 radical (unpaired) electrons. The maximum atomic E-state index is 11.3. The van der Waals surface area contributed by atoms with Crippen LogP contribution in [0.4, 0.5) is 5.95 Å². The van der Waals surface area contributed by atoms with E-state index < -0.39 is 5.97 Å². The van der Waals surface area contributed by atoms with Crippen molar-refractivity contribution >= 4 is 23.0 Å². The number of fused-ring (bicyclic) bond motifs is 1. The van der Waals surface area contributed by atoms with Crippen LogP contribution in [0.2, 0.25) is 0 Å². The Balaban J connectivity index is 1.70. The van der Waals surface area contributed by atoms with Gasteiger partial charge in [-0.25, -0.2) is 9.78 Å². The van der Waals surface area contributed by atoms with Gasteiger partial charge in [0.25, 0.3) is 0 Å². The van der Waals surface area contributed by atoms with E-state index in [1.807, 2.05) is 12.3 Å².